The number of hydrogen-bond donors (Lipinski definition) is 2. The Morgan fingerprint density at radius 1 is 0.906 bits per heavy atom. The van der Waals surface area contributed by atoms with Crippen molar-refractivity contribution in [1.29, 1.82) is 0 Å². The minimum absolute atomic E-state index is 0.00267. The molecule has 0 aliphatic rings. The molecule has 0 fully saturated rings. The van der Waals surface area contributed by atoms with Gasteiger partial charge in [-0.15, -0.1) is 0 Å². The van der Waals surface area contributed by atoms with Crippen LogP contribution in [0.1, 0.15) is 15.9 Å². The second kappa shape index (κ2) is 9.62. The van der Waals surface area contributed by atoms with E-state index in [9.17, 15) is 27.6 Å². The van der Waals surface area contributed by atoms with Crippen LogP contribution in [-0.4, -0.2) is 14.3 Å². The molecule has 3 rings (SSSR count). The Kier molecular flexibility index (Phi) is 7.29. The molecule has 0 saturated carbocycles. The number of carbonyl (C=O) groups is 1. The highest BCUT2D eigenvalue weighted by Crippen LogP contribution is 2.30. The first-order valence-electron chi connectivity index (χ1n) is 8.92. The Morgan fingerprint density at radius 2 is 1.50 bits per heavy atom. The minimum atomic E-state index is -4.71. The van der Waals surface area contributed by atoms with Gasteiger partial charge in [-0.2, -0.15) is 0 Å². The third-order valence-electron chi connectivity index (χ3n) is 4.18. The van der Waals surface area contributed by atoms with Crippen LogP contribution in [0.2, 0.25) is 10.0 Å². The number of halogens is 2. The van der Waals surface area contributed by atoms with Crippen LogP contribution < -0.4 is 19.8 Å². The summed E-state index contributed by atoms with van der Waals surface area (Å²) in [6.45, 7) is 0. The number of hydrogen-bond acceptors (Lipinski definition) is 6. The Balaban J connectivity index is 1.83. The highest BCUT2D eigenvalue weighted by molar-refractivity contribution is 7.92. The summed E-state index contributed by atoms with van der Waals surface area (Å²) in [7, 11) is -8.73. The Morgan fingerprint density at radius 3 is 2.09 bits per heavy atom. The van der Waals surface area contributed by atoms with Gasteiger partial charge in [-0.1, -0.05) is 42.9 Å². The Labute approximate surface area is 194 Å². The predicted octanol–water partition coefficient (Wildman–Crippen LogP) is 3.46. The molecule has 0 unspecified atom stereocenters. The van der Waals surface area contributed by atoms with Gasteiger partial charge in [0.05, 0.1) is 16.1 Å². The van der Waals surface area contributed by atoms with Gasteiger partial charge in [0.2, 0.25) is 0 Å². The minimum Gasteiger partial charge on any atom is -0.810 e. The predicted molar refractivity (Wildman–Crippen MR) is 119 cm³/mol. The first-order chi connectivity index (χ1) is 14.9. The molecule has 0 spiro atoms. The first-order valence-corrected chi connectivity index (χ1v) is 12.9. The van der Waals surface area contributed by atoms with E-state index in [2.05, 4.69) is 10.0 Å². The summed E-state index contributed by atoms with van der Waals surface area (Å²) < 4.78 is 38.6. The number of sulfonamides is 1. The number of nitrogens with one attached hydrogen (secondary N) is 2. The van der Waals surface area contributed by atoms with Crippen molar-refractivity contribution in [3.05, 3.63) is 87.9 Å². The summed E-state index contributed by atoms with van der Waals surface area (Å²) in [6, 6.07) is 15.2. The van der Waals surface area contributed by atoms with Crippen LogP contribution in [0.4, 0.5) is 11.4 Å². The summed E-state index contributed by atoms with van der Waals surface area (Å²) in [6.07, 6.45) is -0.647. The average molecular weight is 513 g/mol. The van der Waals surface area contributed by atoms with Crippen LogP contribution in [0.15, 0.2) is 71.6 Å². The van der Waals surface area contributed by atoms with E-state index in [1.54, 1.807) is 0 Å². The van der Waals surface area contributed by atoms with Crippen molar-refractivity contribution in [2.45, 2.75) is 11.1 Å². The number of rotatable bonds is 7. The summed E-state index contributed by atoms with van der Waals surface area (Å²) in [5.74, 6) is -0.660. The molecule has 0 atom stereocenters. The fourth-order valence-electron chi connectivity index (χ4n) is 2.73. The number of anilines is 2. The number of carbonyl (C=O) groups excluding carboxylic acids is 1. The van der Waals surface area contributed by atoms with Crippen molar-refractivity contribution in [2.75, 3.05) is 10.0 Å². The lowest BCUT2D eigenvalue weighted by atomic mass is 10.1. The van der Waals surface area contributed by atoms with Crippen molar-refractivity contribution in [1.82, 2.24) is 0 Å². The van der Waals surface area contributed by atoms with Gasteiger partial charge in [-0.05, 0) is 60.2 Å². The zero-order valence-corrected chi connectivity index (χ0v) is 19.3. The summed E-state index contributed by atoms with van der Waals surface area (Å²) in [5.41, 5.74) is 0.534. The SMILES string of the molecule is O=C(Nc1ccc(CP(=O)([O-])[O-])cc1)c1cc(Cl)ccc1NS(=O)(=O)c1ccc(Cl)cc1. The molecule has 0 aliphatic heterocycles. The second-order valence-corrected chi connectivity index (χ2v) is 10.8. The van der Waals surface area contributed by atoms with Crippen LogP contribution >= 0.6 is 30.8 Å². The maximum atomic E-state index is 12.8. The van der Waals surface area contributed by atoms with E-state index >= 15 is 0 Å². The Hall–Kier alpha value is -2.39. The van der Waals surface area contributed by atoms with E-state index in [0.717, 1.165) is 0 Å². The van der Waals surface area contributed by atoms with Crippen molar-refractivity contribution in [3.63, 3.8) is 0 Å². The number of amides is 1. The molecule has 168 valence electrons. The third kappa shape index (κ3) is 6.56. The lowest BCUT2D eigenvalue weighted by Crippen LogP contribution is -2.19. The van der Waals surface area contributed by atoms with E-state index in [1.807, 2.05) is 0 Å². The summed E-state index contributed by atoms with van der Waals surface area (Å²) >= 11 is 11.8. The normalized spacial score (nSPS) is 11.8. The molecule has 3 aromatic carbocycles. The molecule has 0 radical (unpaired) electrons. The van der Waals surface area contributed by atoms with Crippen molar-refractivity contribution in [2.24, 2.45) is 0 Å². The smallest absolute Gasteiger partial charge is 0.261 e. The van der Waals surface area contributed by atoms with Gasteiger partial charge in [0.25, 0.3) is 15.9 Å². The molecule has 2 N–H and O–H groups in total. The fourth-order valence-corrected chi connectivity index (χ4v) is 4.76. The van der Waals surface area contributed by atoms with E-state index < -0.39 is 29.7 Å². The second-order valence-electron chi connectivity index (χ2n) is 6.67. The highest BCUT2D eigenvalue weighted by atomic mass is 35.5. The lowest BCUT2D eigenvalue weighted by Gasteiger charge is -2.29. The maximum Gasteiger partial charge on any atom is 0.261 e. The molecule has 0 aromatic heterocycles. The average Bonchev–Trinajstić information content (AvgIpc) is 2.70. The monoisotopic (exact) mass is 512 g/mol. The van der Waals surface area contributed by atoms with Gasteiger partial charge in [-0.3, -0.25) is 9.52 Å². The summed E-state index contributed by atoms with van der Waals surface area (Å²) in [5, 5.41) is 3.15. The molecule has 12 heteroatoms. The van der Waals surface area contributed by atoms with Crippen LogP contribution in [-0.2, 0) is 20.8 Å². The van der Waals surface area contributed by atoms with Crippen molar-refractivity contribution in [3.8, 4) is 0 Å². The quantitative estimate of drug-likeness (QED) is 0.464. The number of benzene rings is 3. The van der Waals surface area contributed by atoms with E-state index in [-0.39, 0.29) is 26.7 Å². The molecule has 0 bridgehead atoms. The molecular formula is C20H15Cl2N2O6PS-2. The molecule has 3 aromatic rings. The molecular weight excluding hydrogens is 498 g/mol. The van der Waals surface area contributed by atoms with Crippen LogP contribution in [0.5, 0.6) is 0 Å². The molecule has 0 heterocycles. The van der Waals surface area contributed by atoms with Crippen molar-refractivity contribution < 1.29 is 27.6 Å². The first kappa shape index (κ1) is 24.3. The molecule has 8 nitrogen and oxygen atoms in total. The largest absolute Gasteiger partial charge is 0.810 e. The van der Waals surface area contributed by atoms with Gasteiger partial charge in [0.15, 0.2) is 0 Å². The van der Waals surface area contributed by atoms with Crippen LogP contribution in [0.3, 0.4) is 0 Å². The van der Waals surface area contributed by atoms with Crippen LogP contribution in [0, 0.1) is 0 Å². The van der Waals surface area contributed by atoms with Gasteiger partial charge in [0, 0.05) is 21.9 Å². The Bertz CT molecular complexity index is 1290. The van der Waals surface area contributed by atoms with Gasteiger partial charge >= 0.3 is 0 Å². The highest BCUT2D eigenvalue weighted by Gasteiger charge is 2.19. The van der Waals surface area contributed by atoms with Crippen molar-refractivity contribution >= 4 is 58.1 Å². The summed E-state index contributed by atoms with van der Waals surface area (Å²) in [4.78, 5) is 34.5. The van der Waals surface area contributed by atoms with Crippen LogP contribution in [0.25, 0.3) is 0 Å². The van der Waals surface area contributed by atoms with Gasteiger partial charge in [-0.25, -0.2) is 8.42 Å². The topological polar surface area (TPSA) is 138 Å². The zero-order chi connectivity index (χ0) is 23.5. The van der Waals surface area contributed by atoms with E-state index in [1.165, 1.54) is 66.7 Å². The third-order valence-corrected chi connectivity index (χ3v) is 6.80. The van der Waals surface area contributed by atoms with E-state index in [0.29, 0.717) is 10.7 Å². The molecule has 0 saturated heterocycles. The maximum absolute atomic E-state index is 12.8. The fraction of sp³-hybridized carbons (Fsp3) is 0.0500. The standard InChI is InChI=1S/C20H17Cl2N2O6PS/c21-14-3-8-17(9-4-14)32(29,30)24-19-10-5-15(22)11-18(19)20(25)23-16-6-1-13(2-7-16)12-31(26,27)28/h1-11,24H,12H2,(H,23,25)(H2,26,27,28)/p-2. The van der Waals surface area contributed by atoms with E-state index in [4.69, 9.17) is 23.2 Å². The lowest BCUT2D eigenvalue weighted by molar-refractivity contribution is -0.314. The van der Waals surface area contributed by atoms with Gasteiger partial charge < -0.3 is 19.7 Å². The zero-order valence-electron chi connectivity index (χ0n) is 16.1. The molecule has 32 heavy (non-hydrogen) atoms. The van der Waals surface area contributed by atoms with Gasteiger partial charge in [0.1, 0.15) is 0 Å². The molecule has 1 amide bonds. The molecule has 0 aliphatic carbocycles.